The fourth-order valence-corrected chi connectivity index (χ4v) is 5.02. The second-order valence-corrected chi connectivity index (χ2v) is 9.68. The zero-order chi connectivity index (χ0) is 24.0. The van der Waals surface area contributed by atoms with Gasteiger partial charge >= 0.3 is 5.63 Å². The first-order chi connectivity index (χ1) is 16.3. The molecule has 0 aliphatic carbocycles. The molecule has 3 heterocycles. The van der Waals surface area contributed by atoms with Crippen molar-refractivity contribution in [3.63, 3.8) is 0 Å². The molecule has 0 spiro atoms. The number of aromatic nitrogens is 4. The molecular weight excluding hydrogens is 452 g/mol. The van der Waals surface area contributed by atoms with Crippen molar-refractivity contribution in [2.75, 3.05) is 0 Å². The lowest BCUT2D eigenvalue weighted by molar-refractivity contribution is 0.468. The number of hydrogen-bond donors (Lipinski definition) is 1. The molecule has 34 heavy (non-hydrogen) atoms. The highest BCUT2D eigenvalue weighted by Crippen LogP contribution is 2.31. The minimum Gasteiger partial charge on any atom is -0.508 e. The number of phenolic OH excluding ortho intramolecular Hbond substituents is 1. The Morgan fingerprint density at radius 2 is 1.88 bits per heavy atom. The van der Waals surface area contributed by atoms with Gasteiger partial charge in [0.15, 0.2) is 5.16 Å². The molecule has 0 radical (unpaired) electrons. The quantitative estimate of drug-likeness (QED) is 0.284. The molecule has 0 aliphatic rings. The summed E-state index contributed by atoms with van der Waals surface area (Å²) in [5, 5.41) is 20.8. The topological polar surface area (TPSA) is 103 Å². The summed E-state index contributed by atoms with van der Waals surface area (Å²) in [4.78, 5) is 25.4. The smallest absolute Gasteiger partial charge is 0.336 e. The molecule has 8 nitrogen and oxygen atoms in total. The normalized spacial score (nSPS) is 11.9. The van der Waals surface area contributed by atoms with Crippen molar-refractivity contribution in [1.82, 2.24) is 19.2 Å². The van der Waals surface area contributed by atoms with Gasteiger partial charge in [-0.1, -0.05) is 37.7 Å². The first kappa shape index (κ1) is 22.2. The van der Waals surface area contributed by atoms with Crippen LogP contribution in [0.2, 0.25) is 0 Å². The van der Waals surface area contributed by atoms with Crippen molar-refractivity contribution in [2.24, 2.45) is 5.92 Å². The number of hydrogen-bond acceptors (Lipinski definition) is 7. The molecule has 0 fully saturated rings. The van der Waals surface area contributed by atoms with Crippen molar-refractivity contribution in [3.05, 3.63) is 74.4 Å². The molecule has 5 rings (SSSR count). The third kappa shape index (κ3) is 3.75. The van der Waals surface area contributed by atoms with E-state index in [1.54, 1.807) is 23.6 Å². The van der Waals surface area contributed by atoms with Crippen LogP contribution in [0.5, 0.6) is 5.75 Å². The lowest BCUT2D eigenvalue weighted by Crippen LogP contribution is -2.24. The van der Waals surface area contributed by atoms with Gasteiger partial charge in [0, 0.05) is 29.3 Å². The summed E-state index contributed by atoms with van der Waals surface area (Å²) < 4.78 is 8.96. The molecule has 1 N–H and O–H groups in total. The number of phenols is 1. The second kappa shape index (κ2) is 8.64. The lowest BCUT2D eigenvalue weighted by atomic mass is 10.1. The fraction of sp³-hybridized carbons (Fsp3) is 0.280. The molecule has 0 unspecified atom stereocenters. The summed E-state index contributed by atoms with van der Waals surface area (Å²) in [6.45, 7) is 6.51. The average Bonchev–Trinajstić information content (AvgIpc) is 3.24. The van der Waals surface area contributed by atoms with E-state index in [1.165, 1.54) is 17.8 Å². The van der Waals surface area contributed by atoms with Crippen molar-refractivity contribution in [3.8, 4) is 5.75 Å². The van der Waals surface area contributed by atoms with Crippen molar-refractivity contribution in [2.45, 2.75) is 44.6 Å². The molecule has 0 atom stereocenters. The molecule has 0 aliphatic heterocycles. The maximum atomic E-state index is 13.2. The second-order valence-electron chi connectivity index (χ2n) is 8.74. The van der Waals surface area contributed by atoms with Crippen LogP contribution in [0.15, 0.2) is 61.6 Å². The van der Waals surface area contributed by atoms with Crippen LogP contribution in [0.1, 0.15) is 31.4 Å². The Morgan fingerprint density at radius 3 is 2.68 bits per heavy atom. The van der Waals surface area contributed by atoms with Crippen LogP contribution in [0, 0.1) is 12.8 Å². The number of aromatic hydroxyl groups is 1. The molecule has 0 bridgehead atoms. The van der Waals surface area contributed by atoms with Gasteiger partial charge in [-0.2, -0.15) is 0 Å². The van der Waals surface area contributed by atoms with E-state index in [0.29, 0.717) is 45.7 Å². The zero-order valence-electron chi connectivity index (χ0n) is 19.1. The van der Waals surface area contributed by atoms with Crippen LogP contribution < -0.4 is 11.2 Å². The number of thioether (sulfide) groups is 1. The summed E-state index contributed by atoms with van der Waals surface area (Å²) in [7, 11) is 0. The molecule has 0 saturated carbocycles. The fourth-order valence-electron chi connectivity index (χ4n) is 4.09. The van der Waals surface area contributed by atoms with Gasteiger partial charge in [-0.15, -0.1) is 10.2 Å². The summed E-state index contributed by atoms with van der Waals surface area (Å²) in [5.41, 5.74) is 1.87. The number of fused-ring (bicyclic) bond motifs is 4. The largest absolute Gasteiger partial charge is 0.508 e. The average molecular weight is 477 g/mol. The highest BCUT2D eigenvalue weighted by atomic mass is 32.2. The third-order valence-corrected chi connectivity index (χ3v) is 6.96. The number of nitrogens with zero attached hydrogens (tertiary/aromatic N) is 4. The van der Waals surface area contributed by atoms with Gasteiger partial charge in [-0.25, -0.2) is 4.79 Å². The Labute approximate surface area is 198 Å². The zero-order valence-corrected chi connectivity index (χ0v) is 19.9. The molecular formula is C25H24N4O4S. The highest BCUT2D eigenvalue weighted by Gasteiger charge is 2.18. The van der Waals surface area contributed by atoms with Gasteiger partial charge in [0.1, 0.15) is 11.3 Å². The van der Waals surface area contributed by atoms with E-state index in [-0.39, 0.29) is 11.3 Å². The van der Waals surface area contributed by atoms with Crippen molar-refractivity contribution in [1.29, 1.82) is 0 Å². The Hall–Kier alpha value is -3.59. The third-order valence-electron chi connectivity index (χ3n) is 5.98. The molecule has 9 heteroatoms. The van der Waals surface area contributed by atoms with E-state index >= 15 is 0 Å². The standard InChI is InChI=1S/C25H24N4O4S/c1-14(2)10-11-28-23(32)18-6-4-5-7-19(18)29-24(28)26-27-25(29)34-13-16-12-21(31)33-22-15(3)20(30)9-8-17(16)22/h4-9,12,14,30H,10-11,13H2,1-3H3. The van der Waals surface area contributed by atoms with Gasteiger partial charge in [0.2, 0.25) is 5.78 Å². The Balaban J connectivity index is 1.62. The van der Waals surface area contributed by atoms with E-state index < -0.39 is 5.63 Å². The summed E-state index contributed by atoms with van der Waals surface area (Å²) in [6.07, 6.45) is 0.848. The van der Waals surface area contributed by atoms with Gasteiger partial charge in [0.05, 0.1) is 10.9 Å². The minimum absolute atomic E-state index is 0.0744. The predicted octanol–water partition coefficient (Wildman–Crippen LogP) is 4.50. The Morgan fingerprint density at radius 1 is 1.09 bits per heavy atom. The molecule has 2 aromatic carbocycles. The first-order valence-electron chi connectivity index (χ1n) is 11.1. The monoisotopic (exact) mass is 476 g/mol. The maximum Gasteiger partial charge on any atom is 0.336 e. The van der Waals surface area contributed by atoms with E-state index in [9.17, 15) is 14.7 Å². The van der Waals surface area contributed by atoms with E-state index in [4.69, 9.17) is 4.42 Å². The Bertz CT molecular complexity index is 1670. The van der Waals surface area contributed by atoms with Crippen molar-refractivity contribution >= 4 is 39.4 Å². The summed E-state index contributed by atoms with van der Waals surface area (Å²) in [6, 6.07) is 12.3. The predicted molar refractivity (Wildman–Crippen MR) is 133 cm³/mol. The van der Waals surface area contributed by atoms with Crippen LogP contribution in [0.25, 0.3) is 27.6 Å². The van der Waals surface area contributed by atoms with Crippen LogP contribution >= 0.6 is 11.8 Å². The van der Waals surface area contributed by atoms with Gasteiger partial charge in [-0.05, 0) is 49.1 Å². The van der Waals surface area contributed by atoms with E-state index in [2.05, 4.69) is 24.0 Å². The number of benzene rings is 2. The van der Waals surface area contributed by atoms with Gasteiger partial charge in [-0.3, -0.25) is 13.8 Å². The number of rotatable bonds is 6. The number of aryl methyl sites for hydroxylation is 2. The summed E-state index contributed by atoms with van der Waals surface area (Å²) >= 11 is 1.43. The maximum absolute atomic E-state index is 13.2. The van der Waals surface area contributed by atoms with E-state index in [0.717, 1.165) is 22.9 Å². The van der Waals surface area contributed by atoms with Crippen LogP contribution in [0.4, 0.5) is 0 Å². The van der Waals surface area contributed by atoms with E-state index in [1.807, 2.05) is 28.7 Å². The molecule has 0 saturated heterocycles. The summed E-state index contributed by atoms with van der Waals surface area (Å²) in [5.74, 6) is 1.46. The van der Waals surface area contributed by atoms with Crippen molar-refractivity contribution < 1.29 is 9.52 Å². The lowest BCUT2D eigenvalue weighted by Gasteiger charge is -2.12. The van der Waals surface area contributed by atoms with Gasteiger partial charge < -0.3 is 9.52 Å². The molecule has 0 amide bonds. The Kier molecular flexibility index (Phi) is 5.65. The molecule has 3 aromatic heterocycles. The highest BCUT2D eigenvalue weighted by molar-refractivity contribution is 7.98. The van der Waals surface area contributed by atoms with Gasteiger partial charge in [0.25, 0.3) is 5.56 Å². The number of para-hydroxylation sites is 1. The first-order valence-corrected chi connectivity index (χ1v) is 12.1. The SMILES string of the molecule is Cc1c(O)ccc2c(CSc3nnc4n(CCC(C)C)c(=O)c5ccccc5n34)cc(=O)oc12. The van der Waals surface area contributed by atoms with Crippen LogP contribution in [0.3, 0.4) is 0 Å². The molecule has 174 valence electrons. The molecule has 5 aromatic rings. The van der Waals surface area contributed by atoms with Crippen LogP contribution in [-0.2, 0) is 12.3 Å². The minimum atomic E-state index is -0.476. The van der Waals surface area contributed by atoms with Crippen LogP contribution in [-0.4, -0.2) is 24.3 Å².